The fourth-order valence-electron chi connectivity index (χ4n) is 3.22. The van der Waals surface area contributed by atoms with Gasteiger partial charge in [-0.05, 0) is 64.2 Å². The SMILES string of the molecule is CCC(C)(C(Cc1cc(Cl)cc2c1OCC2)NC)N(C)C. The third-order valence-electron chi connectivity index (χ3n) is 5.09. The number of rotatable bonds is 6. The highest BCUT2D eigenvalue weighted by atomic mass is 35.5. The van der Waals surface area contributed by atoms with E-state index in [1.54, 1.807) is 0 Å². The van der Waals surface area contributed by atoms with Gasteiger partial charge in [0.1, 0.15) is 5.75 Å². The maximum Gasteiger partial charge on any atom is 0.125 e. The summed E-state index contributed by atoms with van der Waals surface area (Å²) in [4.78, 5) is 2.31. The van der Waals surface area contributed by atoms with Crippen molar-refractivity contribution in [3.05, 3.63) is 28.3 Å². The van der Waals surface area contributed by atoms with Crippen LogP contribution in [0.15, 0.2) is 12.1 Å². The van der Waals surface area contributed by atoms with Gasteiger partial charge in [0.15, 0.2) is 0 Å². The van der Waals surface area contributed by atoms with Crippen molar-refractivity contribution in [1.82, 2.24) is 10.2 Å². The van der Waals surface area contributed by atoms with Gasteiger partial charge < -0.3 is 15.0 Å². The van der Waals surface area contributed by atoms with Crippen LogP contribution in [0.2, 0.25) is 5.02 Å². The molecule has 0 spiro atoms. The Bertz CT molecular complexity index is 504. The highest BCUT2D eigenvalue weighted by molar-refractivity contribution is 6.30. The van der Waals surface area contributed by atoms with E-state index in [9.17, 15) is 0 Å². The monoisotopic (exact) mass is 310 g/mol. The predicted molar refractivity (Wildman–Crippen MR) is 89.6 cm³/mol. The van der Waals surface area contributed by atoms with Crippen LogP contribution in [-0.2, 0) is 12.8 Å². The van der Waals surface area contributed by atoms with Crippen molar-refractivity contribution in [3.8, 4) is 5.75 Å². The average molecular weight is 311 g/mol. The van der Waals surface area contributed by atoms with Crippen molar-refractivity contribution in [1.29, 1.82) is 0 Å². The summed E-state index contributed by atoms with van der Waals surface area (Å²) in [6, 6.07) is 4.43. The molecule has 2 atom stereocenters. The van der Waals surface area contributed by atoms with Gasteiger partial charge in [-0.15, -0.1) is 0 Å². The highest BCUT2D eigenvalue weighted by Crippen LogP contribution is 2.35. The summed E-state index contributed by atoms with van der Waals surface area (Å²) < 4.78 is 5.84. The second kappa shape index (κ2) is 6.55. The number of ether oxygens (including phenoxy) is 1. The first-order chi connectivity index (χ1) is 9.92. The van der Waals surface area contributed by atoms with Crippen molar-refractivity contribution in [2.45, 2.75) is 44.7 Å². The van der Waals surface area contributed by atoms with Crippen molar-refractivity contribution >= 4 is 11.6 Å². The summed E-state index contributed by atoms with van der Waals surface area (Å²) in [5.74, 6) is 1.05. The Morgan fingerprint density at radius 3 is 2.71 bits per heavy atom. The molecule has 4 heteroatoms. The molecule has 1 aromatic rings. The second-order valence-corrected chi connectivity index (χ2v) is 6.74. The van der Waals surface area contributed by atoms with E-state index >= 15 is 0 Å². The summed E-state index contributed by atoms with van der Waals surface area (Å²) in [6.07, 6.45) is 2.96. The van der Waals surface area contributed by atoms with Crippen molar-refractivity contribution < 1.29 is 4.74 Å². The number of hydrogen-bond acceptors (Lipinski definition) is 3. The zero-order chi connectivity index (χ0) is 15.6. The molecule has 1 N–H and O–H groups in total. The Labute approximate surface area is 133 Å². The number of nitrogens with one attached hydrogen (secondary N) is 1. The lowest BCUT2D eigenvalue weighted by Gasteiger charge is -2.43. The minimum absolute atomic E-state index is 0.0859. The number of fused-ring (bicyclic) bond motifs is 1. The van der Waals surface area contributed by atoms with Crippen molar-refractivity contribution in [2.75, 3.05) is 27.7 Å². The second-order valence-electron chi connectivity index (χ2n) is 6.30. The van der Waals surface area contributed by atoms with E-state index < -0.39 is 0 Å². The number of likely N-dealkylation sites (N-methyl/N-ethyl adjacent to an activating group) is 2. The van der Waals surface area contributed by atoms with Crippen LogP contribution in [0.5, 0.6) is 5.75 Å². The molecule has 1 aliphatic heterocycles. The average Bonchev–Trinajstić information content (AvgIpc) is 2.91. The first-order valence-corrected chi connectivity index (χ1v) is 8.09. The minimum Gasteiger partial charge on any atom is -0.493 e. The molecule has 1 aliphatic rings. The first kappa shape index (κ1) is 16.6. The van der Waals surface area contributed by atoms with Crippen LogP contribution >= 0.6 is 11.6 Å². The van der Waals surface area contributed by atoms with E-state index in [4.69, 9.17) is 16.3 Å². The third kappa shape index (κ3) is 3.20. The molecular formula is C17H27ClN2O. The molecule has 0 amide bonds. The molecule has 0 saturated heterocycles. The predicted octanol–water partition coefficient (Wildman–Crippen LogP) is 3.14. The fourth-order valence-corrected chi connectivity index (χ4v) is 3.49. The normalized spacial score (nSPS) is 18.2. The van der Waals surface area contributed by atoms with Crippen molar-refractivity contribution in [3.63, 3.8) is 0 Å². The van der Waals surface area contributed by atoms with Crippen LogP contribution in [0, 0.1) is 0 Å². The molecule has 21 heavy (non-hydrogen) atoms. The van der Waals surface area contributed by atoms with Crippen LogP contribution in [0.4, 0.5) is 0 Å². The molecule has 0 aromatic heterocycles. The minimum atomic E-state index is 0.0859. The van der Waals surface area contributed by atoms with E-state index in [2.05, 4.69) is 44.2 Å². The lowest BCUT2D eigenvalue weighted by Crippen LogP contribution is -2.56. The topological polar surface area (TPSA) is 24.5 Å². The van der Waals surface area contributed by atoms with Gasteiger partial charge in [-0.1, -0.05) is 18.5 Å². The summed E-state index contributed by atoms with van der Waals surface area (Å²) in [5, 5.41) is 4.31. The molecule has 0 saturated carbocycles. The van der Waals surface area contributed by atoms with Gasteiger partial charge in [0.05, 0.1) is 6.61 Å². The Morgan fingerprint density at radius 2 is 2.14 bits per heavy atom. The molecule has 3 nitrogen and oxygen atoms in total. The maximum absolute atomic E-state index is 6.28. The van der Waals surface area contributed by atoms with Gasteiger partial charge in [0.2, 0.25) is 0 Å². The molecule has 1 aromatic carbocycles. The lowest BCUT2D eigenvalue weighted by molar-refractivity contribution is 0.116. The molecule has 0 radical (unpaired) electrons. The van der Waals surface area contributed by atoms with Crippen LogP contribution in [0.3, 0.4) is 0 Å². The quantitative estimate of drug-likeness (QED) is 0.873. The first-order valence-electron chi connectivity index (χ1n) is 7.71. The van der Waals surface area contributed by atoms with E-state index in [0.717, 1.165) is 36.6 Å². The zero-order valence-corrected chi connectivity index (χ0v) is 14.5. The molecule has 0 fully saturated rings. The molecule has 118 valence electrons. The molecule has 0 bridgehead atoms. The van der Waals surface area contributed by atoms with Crippen LogP contribution in [0.1, 0.15) is 31.4 Å². The van der Waals surface area contributed by atoms with E-state index in [1.807, 2.05) is 13.1 Å². The Balaban J connectivity index is 2.31. The third-order valence-corrected chi connectivity index (χ3v) is 5.30. The Kier molecular flexibility index (Phi) is 5.18. The van der Waals surface area contributed by atoms with E-state index in [1.165, 1.54) is 11.1 Å². The van der Waals surface area contributed by atoms with E-state index in [-0.39, 0.29) is 5.54 Å². The maximum atomic E-state index is 6.28. The molecule has 2 rings (SSSR count). The zero-order valence-electron chi connectivity index (χ0n) is 13.8. The molecule has 2 unspecified atom stereocenters. The van der Waals surface area contributed by atoms with Gasteiger partial charge in [-0.2, -0.15) is 0 Å². The molecule has 0 aliphatic carbocycles. The van der Waals surface area contributed by atoms with E-state index in [0.29, 0.717) is 6.04 Å². The summed E-state index contributed by atoms with van der Waals surface area (Å²) in [6.45, 7) is 5.31. The van der Waals surface area contributed by atoms with Gasteiger partial charge in [-0.3, -0.25) is 0 Å². The molecular weight excluding hydrogens is 284 g/mol. The molecule has 1 heterocycles. The number of nitrogens with zero attached hydrogens (tertiary/aromatic N) is 1. The largest absolute Gasteiger partial charge is 0.493 e. The summed E-state index contributed by atoms with van der Waals surface area (Å²) >= 11 is 6.28. The smallest absolute Gasteiger partial charge is 0.125 e. The van der Waals surface area contributed by atoms with Gasteiger partial charge >= 0.3 is 0 Å². The van der Waals surface area contributed by atoms with Gasteiger partial charge in [0, 0.05) is 23.0 Å². The van der Waals surface area contributed by atoms with Crippen LogP contribution in [-0.4, -0.2) is 44.2 Å². The summed E-state index contributed by atoms with van der Waals surface area (Å²) in [7, 11) is 6.33. The van der Waals surface area contributed by atoms with Crippen LogP contribution in [0.25, 0.3) is 0 Å². The van der Waals surface area contributed by atoms with Crippen LogP contribution < -0.4 is 10.1 Å². The van der Waals surface area contributed by atoms with Gasteiger partial charge in [0.25, 0.3) is 0 Å². The van der Waals surface area contributed by atoms with Crippen molar-refractivity contribution in [2.24, 2.45) is 0 Å². The lowest BCUT2D eigenvalue weighted by atomic mass is 9.83. The fraction of sp³-hybridized carbons (Fsp3) is 0.647. The Morgan fingerprint density at radius 1 is 1.43 bits per heavy atom. The van der Waals surface area contributed by atoms with Gasteiger partial charge in [-0.25, -0.2) is 0 Å². The highest BCUT2D eigenvalue weighted by Gasteiger charge is 2.34. The summed E-state index contributed by atoms with van der Waals surface area (Å²) in [5.41, 5.74) is 2.55. The number of hydrogen-bond donors (Lipinski definition) is 1. The number of benzene rings is 1. The standard InChI is InChI=1S/C17H27ClN2O/c1-6-17(2,20(4)5)15(19-3)11-13-10-14(18)9-12-7-8-21-16(12)13/h9-10,15,19H,6-8,11H2,1-5H3. The Hall–Kier alpha value is -0.770. The number of halogens is 1.